The number of para-hydroxylation sites is 1. The molecule has 1 N–H and O–H groups in total. The number of nitrogens with one attached hydrogen (secondary N) is 1. The summed E-state index contributed by atoms with van der Waals surface area (Å²) < 4.78 is 1.82. The zero-order chi connectivity index (χ0) is 16.9. The summed E-state index contributed by atoms with van der Waals surface area (Å²) in [7, 11) is 4.15. The maximum atomic E-state index is 12.3. The third kappa shape index (κ3) is 4.14. The molecule has 0 aliphatic carbocycles. The number of aromatic nitrogens is 2. The van der Waals surface area contributed by atoms with E-state index in [9.17, 15) is 4.79 Å². The Bertz CT molecular complexity index is 667. The standard InChI is InChI=1S/C18H25N5O/c1-21(2)12-15-8-9-22(13-15)18(24)19-10-16-11-20-23(14-16)17-6-4-3-5-7-17/h3-7,11,14-15H,8-10,12-13H2,1-2H3,(H,19,24)/t15-/m1/s1. The second kappa shape index (κ2) is 7.49. The Kier molecular flexibility index (Phi) is 5.15. The van der Waals surface area contributed by atoms with Crippen molar-refractivity contribution in [1.82, 2.24) is 24.9 Å². The summed E-state index contributed by atoms with van der Waals surface area (Å²) in [6, 6.07) is 9.97. The number of likely N-dealkylation sites (tertiary alicyclic amines) is 1. The number of hydrogen-bond donors (Lipinski definition) is 1. The molecule has 0 bridgehead atoms. The fraction of sp³-hybridized carbons (Fsp3) is 0.444. The molecule has 1 fully saturated rings. The van der Waals surface area contributed by atoms with Crippen molar-refractivity contribution >= 4 is 6.03 Å². The van der Waals surface area contributed by atoms with Crippen molar-refractivity contribution in [2.24, 2.45) is 5.92 Å². The van der Waals surface area contributed by atoms with E-state index in [-0.39, 0.29) is 6.03 Å². The lowest BCUT2D eigenvalue weighted by atomic mass is 10.1. The highest BCUT2D eigenvalue weighted by Gasteiger charge is 2.26. The van der Waals surface area contributed by atoms with Crippen LogP contribution in [-0.4, -0.2) is 59.3 Å². The average molecular weight is 327 g/mol. The lowest BCUT2D eigenvalue weighted by Gasteiger charge is -2.18. The molecule has 24 heavy (non-hydrogen) atoms. The lowest BCUT2D eigenvalue weighted by molar-refractivity contribution is 0.205. The first-order valence-electron chi connectivity index (χ1n) is 8.38. The van der Waals surface area contributed by atoms with E-state index in [0.29, 0.717) is 12.5 Å². The Labute approximate surface area is 143 Å². The first-order valence-corrected chi connectivity index (χ1v) is 8.38. The van der Waals surface area contributed by atoms with E-state index in [0.717, 1.165) is 37.3 Å². The Hall–Kier alpha value is -2.34. The highest BCUT2D eigenvalue weighted by molar-refractivity contribution is 5.74. The second-order valence-corrected chi connectivity index (χ2v) is 6.65. The fourth-order valence-electron chi connectivity index (χ4n) is 3.15. The Balaban J connectivity index is 1.50. The monoisotopic (exact) mass is 327 g/mol. The molecule has 2 heterocycles. The van der Waals surface area contributed by atoms with Crippen molar-refractivity contribution in [1.29, 1.82) is 0 Å². The minimum atomic E-state index is 0.0173. The first kappa shape index (κ1) is 16.5. The van der Waals surface area contributed by atoms with Crippen LogP contribution in [-0.2, 0) is 6.54 Å². The molecular formula is C18H25N5O. The van der Waals surface area contributed by atoms with Gasteiger partial charge in [0.25, 0.3) is 0 Å². The molecule has 6 heteroatoms. The first-order chi connectivity index (χ1) is 11.6. The third-order valence-corrected chi connectivity index (χ3v) is 4.30. The lowest BCUT2D eigenvalue weighted by Crippen LogP contribution is -2.38. The quantitative estimate of drug-likeness (QED) is 0.913. The zero-order valence-corrected chi connectivity index (χ0v) is 14.4. The molecule has 0 radical (unpaired) electrons. The Morgan fingerprint density at radius 3 is 2.88 bits per heavy atom. The van der Waals surface area contributed by atoms with E-state index in [1.807, 2.05) is 46.1 Å². The molecule has 3 rings (SSSR count). The van der Waals surface area contributed by atoms with Crippen LogP contribution in [0, 0.1) is 5.92 Å². The maximum absolute atomic E-state index is 12.3. The third-order valence-electron chi connectivity index (χ3n) is 4.30. The normalized spacial score (nSPS) is 17.5. The molecular weight excluding hydrogens is 302 g/mol. The maximum Gasteiger partial charge on any atom is 0.317 e. The molecule has 0 saturated carbocycles. The van der Waals surface area contributed by atoms with Crippen molar-refractivity contribution in [2.75, 3.05) is 33.7 Å². The van der Waals surface area contributed by atoms with Crippen LogP contribution < -0.4 is 5.32 Å². The predicted molar refractivity (Wildman–Crippen MR) is 94.0 cm³/mol. The van der Waals surface area contributed by atoms with Crippen LogP contribution >= 0.6 is 0 Å². The van der Waals surface area contributed by atoms with Crippen molar-refractivity contribution in [3.05, 3.63) is 48.3 Å². The van der Waals surface area contributed by atoms with Gasteiger partial charge in [0.2, 0.25) is 0 Å². The molecule has 1 aromatic heterocycles. The van der Waals surface area contributed by atoms with Gasteiger partial charge >= 0.3 is 6.03 Å². The van der Waals surface area contributed by atoms with Crippen LogP contribution in [0.2, 0.25) is 0 Å². The number of carbonyl (C=O) groups is 1. The molecule has 1 aliphatic heterocycles. The number of nitrogens with zero attached hydrogens (tertiary/aromatic N) is 4. The molecule has 2 amide bonds. The van der Waals surface area contributed by atoms with Gasteiger partial charge in [-0.3, -0.25) is 0 Å². The molecule has 0 spiro atoms. The number of urea groups is 1. The van der Waals surface area contributed by atoms with E-state index in [2.05, 4.69) is 29.4 Å². The van der Waals surface area contributed by atoms with E-state index < -0.39 is 0 Å². The number of rotatable bonds is 5. The van der Waals surface area contributed by atoms with E-state index in [4.69, 9.17) is 0 Å². The van der Waals surface area contributed by atoms with Crippen LogP contribution in [0.1, 0.15) is 12.0 Å². The summed E-state index contributed by atoms with van der Waals surface area (Å²) in [6.45, 7) is 3.22. The van der Waals surface area contributed by atoms with Crippen LogP contribution in [0.25, 0.3) is 5.69 Å². The van der Waals surface area contributed by atoms with Crippen molar-refractivity contribution in [3.8, 4) is 5.69 Å². The minimum absolute atomic E-state index is 0.0173. The van der Waals surface area contributed by atoms with Gasteiger partial charge in [0, 0.05) is 37.9 Å². The molecule has 0 unspecified atom stereocenters. The molecule has 1 aromatic carbocycles. The van der Waals surface area contributed by atoms with Crippen molar-refractivity contribution < 1.29 is 4.79 Å². The topological polar surface area (TPSA) is 53.4 Å². The second-order valence-electron chi connectivity index (χ2n) is 6.65. The van der Waals surface area contributed by atoms with E-state index >= 15 is 0 Å². The van der Waals surface area contributed by atoms with Gasteiger partial charge in [0.05, 0.1) is 11.9 Å². The summed E-state index contributed by atoms with van der Waals surface area (Å²) in [5.74, 6) is 0.576. The number of benzene rings is 1. The summed E-state index contributed by atoms with van der Waals surface area (Å²) in [5, 5.41) is 7.35. The SMILES string of the molecule is CN(C)C[C@H]1CCN(C(=O)NCc2cnn(-c3ccccc3)c2)C1. The van der Waals surface area contributed by atoms with Gasteiger partial charge in [-0.2, -0.15) is 5.10 Å². The van der Waals surface area contributed by atoms with Gasteiger partial charge in [0.1, 0.15) is 0 Å². The average Bonchev–Trinajstić information content (AvgIpc) is 3.22. The summed E-state index contributed by atoms with van der Waals surface area (Å²) in [5.41, 5.74) is 2.01. The Morgan fingerprint density at radius 1 is 1.33 bits per heavy atom. The number of hydrogen-bond acceptors (Lipinski definition) is 3. The molecule has 2 aromatic rings. The molecule has 1 atom stereocenters. The molecule has 128 valence electrons. The zero-order valence-electron chi connectivity index (χ0n) is 14.4. The van der Waals surface area contributed by atoms with Crippen LogP contribution in [0.3, 0.4) is 0 Å². The molecule has 6 nitrogen and oxygen atoms in total. The largest absolute Gasteiger partial charge is 0.334 e. The summed E-state index contributed by atoms with van der Waals surface area (Å²) >= 11 is 0. The fourth-order valence-corrected chi connectivity index (χ4v) is 3.15. The van der Waals surface area contributed by atoms with Gasteiger partial charge < -0.3 is 15.1 Å². The predicted octanol–water partition coefficient (Wildman–Crippen LogP) is 1.97. The minimum Gasteiger partial charge on any atom is -0.334 e. The van der Waals surface area contributed by atoms with Gasteiger partial charge in [-0.15, -0.1) is 0 Å². The molecule has 1 saturated heterocycles. The van der Waals surface area contributed by atoms with Crippen LogP contribution in [0.4, 0.5) is 4.79 Å². The van der Waals surface area contributed by atoms with Gasteiger partial charge in [-0.25, -0.2) is 9.48 Å². The summed E-state index contributed by atoms with van der Waals surface area (Å²) in [4.78, 5) is 16.4. The number of carbonyl (C=O) groups excluding carboxylic acids is 1. The highest BCUT2D eigenvalue weighted by Crippen LogP contribution is 2.16. The van der Waals surface area contributed by atoms with Crippen molar-refractivity contribution in [2.45, 2.75) is 13.0 Å². The molecule has 1 aliphatic rings. The smallest absolute Gasteiger partial charge is 0.317 e. The van der Waals surface area contributed by atoms with Gasteiger partial charge in [-0.1, -0.05) is 18.2 Å². The van der Waals surface area contributed by atoms with Gasteiger partial charge in [0.15, 0.2) is 0 Å². The van der Waals surface area contributed by atoms with Gasteiger partial charge in [-0.05, 0) is 38.6 Å². The summed E-state index contributed by atoms with van der Waals surface area (Å²) in [6.07, 6.45) is 4.83. The van der Waals surface area contributed by atoms with Crippen molar-refractivity contribution in [3.63, 3.8) is 0 Å². The van der Waals surface area contributed by atoms with Crippen LogP contribution in [0.15, 0.2) is 42.7 Å². The highest BCUT2D eigenvalue weighted by atomic mass is 16.2. The number of amides is 2. The van der Waals surface area contributed by atoms with E-state index in [1.165, 1.54) is 0 Å². The Morgan fingerprint density at radius 2 is 2.12 bits per heavy atom. The van der Waals surface area contributed by atoms with Crippen LogP contribution in [0.5, 0.6) is 0 Å². The van der Waals surface area contributed by atoms with E-state index in [1.54, 1.807) is 6.20 Å².